The van der Waals surface area contributed by atoms with Crippen LogP contribution < -0.4 is 5.56 Å². The molecule has 1 N–H and O–H groups in total. The standard InChI is InChI=1S/C13H16ClN3O3/c14-7-3-1-2-4-8-16-12-6-5-10(17(19)20)9-11(12)13(18)15-16/h5-6,9H,1-4,7-8H2,(H,15,18). The van der Waals surface area contributed by atoms with Crippen molar-refractivity contribution in [1.29, 1.82) is 0 Å². The van der Waals surface area contributed by atoms with E-state index in [-0.39, 0.29) is 11.2 Å². The summed E-state index contributed by atoms with van der Waals surface area (Å²) < 4.78 is 1.75. The zero-order chi connectivity index (χ0) is 14.5. The van der Waals surface area contributed by atoms with Crippen LogP contribution in [-0.4, -0.2) is 20.6 Å². The van der Waals surface area contributed by atoms with Gasteiger partial charge in [0.05, 0.1) is 15.8 Å². The molecule has 0 spiro atoms. The third kappa shape index (κ3) is 3.19. The van der Waals surface area contributed by atoms with Gasteiger partial charge in [0.25, 0.3) is 11.2 Å². The van der Waals surface area contributed by atoms with Gasteiger partial charge in [-0.05, 0) is 18.9 Å². The number of alkyl halides is 1. The van der Waals surface area contributed by atoms with Crippen molar-refractivity contribution in [3.63, 3.8) is 0 Å². The van der Waals surface area contributed by atoms with Gasteiger partial charge >= 0.3 is 0 Å². The van der Waals surface area contributed by atoms with Crippen LogP contribution in [0.4, 0.5) is 5.69 Å². The first kappa shape index (κ1) is 14.6. The number of fused-ring (bicyclic) bond motifs is 1. The molecular formula is C13H16ClN3O3. The lowest BCUT2D eigenvalue weighted by molar-refractivity contribution is -0.384. The minimum absolute atomic E-state index is 0.0668. The van der Waals surface area contributed by atoms with Crippen LogP contribution >= 0.6 is 11.6 Å². The summed E-state index contributed by atoms with van der Waals surface area (Å²) in [6, 6.07) is 4.35. The Bertz CT molecular complexity index is 662. The van der Waals surface area contributed by atoms with Gasteiger partial charge in [0, 0.05) is 24.6 Å². The summed E-state index contributed by atoms with van der Waals surface area (Å²) in [6.45, 7) is 0.693. The zero-order valence-electron chi connectivity index (χ0n) is 11.0. The lowest BCUT2D eigenvalue weighted by Gasteiger charge is -2.04. The van der Waals surface area contributed by atoms with Crippen LogP contribution in [0.25, 0.3) is 10.9 Å². The minimum atomic E-state index is -0.498. The van der Waals surface area contributed by atoms with E-state index < -0.39 is 4.92 Å². The van der Waals surface area contributed by atoms with E-state index in [0.717, 1.165) is 25.7 Å². The molecule has 2 rings (SSSR count). The molecule has 0 aliphatic heterocycles. The molecule has 1 aromatic heterocycles. The number of nitrogens with zero attached hydrogens (tertiary/aromatic N) is 2. The van der Waals surface area contributed by atoms with E-state index in [9.17, 15) is 14.9 Å². The first-order valence-corrected chi connectivity index (χ1v) is 7.10. The van der Waals surface area contributed by atoms with Gasteiger partial charge < -0.3 is 0 Å². The maximum absolute atomic E-state index is 11.8. The number of hydrogen-bond acceptors (Lipinski definition) is 3. The fraction of sp³-hybridized carbons (Fsp3) is 0.462. The molecule has 0 atom stereocenters. The van der Waals surface area contributed by atoms with Crippen molar-refractivity contribution in [2.45, 2.75) is 32.2 Å². The Morgan fingerprint density at radius 3 is 2.70 bits per heavy atom. The third-order valence-corrected chi connectivity index (χ3v) is 3.50. The maximum atomic E-state index is 11.8. The average Bonchev–Trinajstić information content (AvgIpc) is 2.75. The molecule has 7 heteroatoms. The number of halogens is 1. The van der Waals surface area contributed by atoms with Gasteiger partial charge in [0.15, 0.2) is 0 Å². The van der Waals surface area contributed by atoms with E-state index in [1.165, 1.54) is 12.1 Å². The Labute approximate surface area is 120 Å². The zero-order valence-corrected chi connectivity index (χ0v) is 11.7. The van der Waals surface area contributed by atoms with E-state index in [4.69, 9.17) is 11.6 Å². The quantitative estimate of drug-likeness (QED) is 0.369. The summed E-state index contributed by atoms with van der Waals surface area (Å²) in [5.41, 5.74) is 0.352. The first-order chi connectivity index (χ1) is 9.63. The molecule has 2 aromatic rings. The number of aromatic amines is 1. The van der Waals surface area contributed by atoms with Gasteiger partial charge in [-0.1, -0.05) is 12.8 Å². The van der Waals surface area contributed by atoms with Crippen molar-refractivity contribution in [1.82, 2.24) is 9.78 Å². The van der Waals surface area contributed by atoms with Crippen LogP contribution in [-0.2, 0) is 6.54 Å². The monoisotopic (exact) mass is 297 g/mol. The van der Waals surface area contributed by atoms with Crippen LogP contribution in [0.2, 0.25) is 0 Å². The highest BCUT2D eigenvalue weighted by Gasteiger charge is 2.12. The number of non-ortho nitro benzene ring substituents is 1. The number of benzene rings is 1. The average molecular weight is 298 g/mol. The lowest BCUT2D eigenvalue weighted by Crippen LogP contribution is -2.06. The van der Waals surface area contributed by atoms with Gasteiger partial charge in [-0.3, -0.25) is 24.7 Å². The topological polar surface area (TPSA) is 80.9 Å². The number of nitro groups is 1. The largest absolute Gasteiger partial charge is 0.284 e. The molecule has 0 aliphatic rings. The number of hydrogen-bond donors (Lipinski definition) is 1. The van der Waals surface area contributed by atoms with E-state index >= 15 is 0 Å². The number of unbranched alkanes of at least 4 members (excludes halogenated alkanes) is 3. The second-order valence-electron chi connectivity index (χ2n) is 4.65. The van der Waals surface area contributed by atoms with Gasteiger partial charge in [0.2, 0.25) is 0 Å². The van der Waals surface area contributed by atoms with Crippen LogP contribution in [0, 0.1) is 10.1 Å². The summed E-state index contributed by atoms with van der Waals surface area (Å²) in [7, 11) is 0. The number of aryl methyl sites for hydroxylation is 1. The van der Waals surface area contributed by atoms with Crippen LogP contribution in [0.5, 0.6) is 0 Å². The van der Waals surface area contributed by atoms with Gasteiger partial charge in [-0.15, -0.1) is 11.6 Å². The number of nitrogens with one attached hydrogen (secondary N) is 1. The second-order valence-corrected chi connectivity index (χ2v) is 5.03. The maximum Gasteiger partial charge on any atom is 0.272 e. The normalized spacial score (nSPS) is 11.1. The Morgan fingerprint density at radius 2 is 2.00 bits per heavy atom. The number of H-pyrrole nitrogens is 1. The van der Waals surface area contributed by atoms with Crippen LogP contribution in [0.1, 0.15) is 25.7 Å². The molecule has 0 saturated heterocycles. The van der Waals surface area contributed by atoms with E-state index in [0.29, 0.717) is 23.3 Å². The summed E-state index contributed by atoms with van der Waals surface area (Å²) in [6.07, 6.45) is 4.05. The number of aromatic nitrogens is 2. The Morgan fingerprint density at radius 1 is 1.25 bits per heavy atom. The molecule has 0 aliphatic carbocycles. The summed E-state index contributed by atoms with van der Waals surface area (Å²) in [5.74, 6) is 0.674. The Kier molecular flexibility index (Phi) is 4.79. The molecule has 0 amide bonds. The predicted octanol–water partition coefficient (Wildman–Crippen LogP) is 3.04. The molecule has 0 saturated carbocycles. The van der Waals surface area contributed by atoms with Gasteiger partial charge in [0.1, 0.15) is 0 Å². The van der Waals surface area contributed by atoms with Gasteiger partial charge in [-0.2, -0.15) is 0 Å². The molecular weight excluding hydrogens is 282 g/mol. The predicted molar refractivity (Wildman–Crippen MR) is 78.4 cm³/mol. The lowest BCUT2D eigenvalue weighted by atomic mass is 10.2. The Balaban J connectivity index is 2.15. The van der Waals surface area contributed by atoms with Crippen molar-refractivity contribution in [3.05, 3.63) is 38.7 Å². The third-order valence-electron chi connectivity index (χ3n) is 3.23. The Hall–Kier alpha value is -1.82. The van der Waals surface area contributed by atoms with Crippen molar-refractivity contribution >= 4 is 28.2 Å². The number of rotatable bonds is 7. The highest BCUT2D eigenvalue weighted by atomic mass is 35.5. The molecule has 108 valence electrons. The van der Waals surface area contributed by atoms with E-state index in [1.54, 1.807) is 10.7 Å². The molecule has 6 nitrogen and oxygen atoms in total. The molecule has 0 bridgehead atoms. The van der Waals surface area contributed by atoms with Gasteiger partial charge in [-0.25, -0.2) is 0 Å². The van der Waals surface area contributed by atoms with E-state index in [2.05, 4.69) is 5.10 Å². The molecule has 1 aromatic carbocycles. The summed E-state index contributed by atoms with van der Waals surface area (Å²) in [4.78, 5) is 22.0. The molecule has 1 heterocycles. The summed E-state index contributed by atoms with van der Waals surface area (Å²) >= 11 is 5.61. The highest BCUT2D eigenvalue weighted by molar-refractivity contribution is 6.17. The fourth-order valence-electron chi connectivity index (χ4n) is 2.19. The van der Waals surface area contributed by atoms with E-state index in [1.807, 2.05) is 0 Å². The van der Waals surface area contributed by atoms with Crippen molar-refractivity contribution in [2.24, 2.45) is 0 Å². The fourth-order valence-corrected chi connectivity index (χ4v) is 2.38. The number of nitro benzene ring substituents is 1. The SMILES string of the molecule is O=c1[nH]n(CCCCCCCl)c2ccc([N+](=O)[O-])cc12. The van der Waals surface area contributed by atoms with Crippen molar-refractivity contribution in [3.8, 4) is 0 Å². The van der Waals surface area contributed by atoms with Crippen molar-refractivity contribution < 1.29 is 4.92 Å². The molecule has 0 radical (unpaired) electrons. The highest BCUT2D eigenvalue weighted by Crippen LogP contribution is 2.18. The van der Waals surface area contributed by atoms with Crippen LogP contribution in [0.15, 0.2) is 23.0 Å². The van der Waals surface area contributed by atoms with Crippen molar-refractivity contribution in [2.75, 3.05) is 5.88 Å². The second kappa shape index (κ2) is 6.56. The molecule has 20 heavy (non-hydrogen) atoms. The summed E-state index contributed by atoms with van der Waals surface area (Å²) in [5, 5.41) is 13.8. The first-order valence-electron chi connectivity index (χ1n) is 6.56. The minimum Gasteiger partial charge on any atom is -0.284 e. The molecule has 0 fully saturated rings. The molecule has 0 unspecified atom stereocenters. The smallest absolute Gasteiger partial charge is 0.272 e. The van der Waals surface area contributed by atoms with Crippen LogP contribution in [0.3, 0.4) is 0 Å².